The fourth-order valence-electron chi connectivity index (χ4n) is 1.60. The van der Waals surface area contributed by atoms with Crippen molar-refractivity contribution in [2.24, 2.45) is 5.41 Å². The number of carbonyl (C=O) groups excluding carboxylic acids is 1. The van der Waals surface area contributed by atoms with Crippen LogP contribution in [0.4, 0.5) is 0 Å². The van der Waals surface area contributed by atoms with Gasteiger partial charge in [-0.15, -0.1) is 0 Å². The third kappa shape index (κ3) is 1.22. The lowest BCUT2D eigenvalue weighted by atomic mass is 9.78. The van der Waals surface area contributed by atoms with Gasteiger partial charge in [-0.1, -0.05) is 29.8 Å². The molecule has 0 saturated carbocycles. The van der Waals surface area contributed by atoms with Crippen LogP contribution in [0.3, 0.4) is 0 Å². The molecule has 0 N–H and O–H groups in total. The minimum atomic E-state index is -0.453. The molecule has 1 fully saturated rings. The van der Waals surface area contributed by atoms with Crippen molar-refractivity contribution < 1.29 is 9.53 Å². The Hall–Kier alpha value is -1.02. The fourth-order valence-corrected chi connectivity index (χ4v) is 1.83. The number of halogens is 1. The fraction of sp³-hybridized carbons (Fsp3) is 0.364. The Morgan fingerprint density at radius 1 is 1.36 bits per heavy atom. The highest BCUT2D eigenvalue weighted by molar-refractivity contribution is 6.31. The molecule has 14 heavy (non-hydrogen) atoms. The number of hydrogen-bond acceptors (Lipinski definition) is 2. The quantitative estimate of drug-likeness (QED) is 0.667. The number of hydrogen-bond donors (Lipinski definition) is 0. The van der Waals surface area contributed by atoms with Gasteiger partial charge in [-0.05, 0) is 19.9 Å². The first-order valence-corrected chi connectivity index (χ1v) is 4.87. The average Bonchev–Trinajstić information content (AvgIpc) is 2.16. The van der Waals surface area contributed by atoms with Crippen LogP contribution in [0.1, 0.15) is 25.5 Å². The van der Waals surface area contributed by atoms with E-state index in [9.17, 15) is 4.79 Å². The highest BCUT2D eigenvalue weighted by Gasteiger charge is 2.51. The molecule has 1 heterocycles. The van der Waals surface area contributed by atoms with Gasteiger partial charge in [-0.3, -0.25) is 4.79 Å². The zero-order valence-electron chi connectivity index (χ0n) is 8.08. The van der Waals surface area contributed by atoms with E-state index in [0.717, 1.165) is 5.56 Å². The molecule has 0 unspecified atom stereocenters. The molecule has 1 saturated heterocycles. The van der Waals surface area contributed by atoms with Crippen molar-refractivity contribution in [3.8, 4) is 0 Å². The first-order chi connectivity index (χ1) is 6.53. The summed E-state index contributed by atoms with van der Waals surface area (Å²) in [4.78, 5) is 11.2. The Bertz CT molecular complexity index is 385. The van der Waals surface area contributed by atoms with E-state index < -0.39 is 5.41 Å². The molecule has 0 radical (unpaired) electrons. The molecule has 0 aliphatic carbocycles. The molecule has 1 atom stereocenters. The average molecular weight is 211 g/mol. The Balaban J connectivity index is 2.35. The molecule has 0 spiro atoms. The van der Waals surface area contributed by atoms with Gasteiger partial charge >= 0.3 is 5.97 Å². The minimum absolute atomic E-state index is 0.164. The molecule has 1 aromatic carbocycles. The van der Waals surface area contributed by atoms with Gasteiger partial charge in [0, 0.05) is 10.6 Å². The van der Waals surface area contributed by atoms with Crippen LogP contribution in [-0.4, -0.2) is 5.97 Å². The van der Waals surface area contributed by atoms with Crippen LogP contribution in [-0.2, 0) is 9.53 Å². The first-order valence-electron chi connectivity index (χ1n) is 4.49. The van der Waals surface area contributed by atoms with Crippen molar-refractivity contribution in [2.45, 2.75) is 20.0 Å². The maximum Gasteiger partial charge on any atom is 0.316 e. The zero-order chi connectivity index (χ0) is 10.3. The highest BCUT2D eigenvalue weighted by Crippen LogP contribution is 2.48. The third-order valence-corrected chi connectivity index (χ3v) is 2.94. The number of ether oxygens (including phenoxy) is 1. The topological polar surface area (TPSA) is 26.3 Å². The molecule has 3 heteroatoms. The van der Waals surface area contributed by atoms with Gasteiger partial charge < -0.3 is 4.74 Å². The third-order valence-electron chi connectivity index (χ3n) is 2.59. The van der Waals surface area contributed by atoms with Gasteiger partial charge in [0.1, 0.15) is 11.5 Å². The zero-order valence-corrected chi connectivity index (χ0v) is 8.84. The van der Waals surface area contributed by atoms with Gasteiger partial charge in [0.25, 0.3) is 0 Å². The van der Waals surface area contributed by atoms with Crippen molar-refractivity contribution >= 4 is 17.6 Å². The maximum absolute atomic E-state index is 11.2. The van der Waals surface area contributed by atoms with E-state index in [4.69, 9.17) is 16.3 Å². The highest BCUT2D eigenvalue weighted by atomic mass is 35.5. The van der Waals surface area contributed by atoms with E-state index in [0.29, 0.717) is 5.02 Å². The standard InChI is InChI=1S/C11H11ClO2/c1-11(2)9(14-10(11)13)7-5-3-4-6-8(7)12/h3-6,9H,1-2H3/t9-/m0/s1. The van der Waals surface area contributed by atoms with Gasteiger partial charge in [0.15, 0.2) is 0 Å². The lowest BCUT2D eigenvalue weighted by Crippen LogP contribution is -2.46. The molecule has 2 nitrogen and oxygen atoms in total. The summed E-state index contributed by atoms with van der Waals surface area (Å²) in [6, 6.07) is 7.45. The molecule has 0 amide bonds. The van der Waals surface area contributed by atoms with Crippen LogP contribution >= 0.6 is 11.6 Å². The maximum atomic E-state index is 11.2. The Morgan fingerprint density at radius 3 is 2.50 bits per heavy atom. The number of benzene rings is 1. The lowest BCUT2D eigenvalue weighted by molar-refractivity contribution is -0.202. The lowest BCUT2D eigenvalue weighted by Gasteiger charge is -2.42. The number of rotatable bonds is 1. The van der Waals surface area contributed by atoms with Crippen LogP contribution in [0, 0.1) is 5.41 Å². The summed E-state index contributed by atoms with van der Waals surface area (Å²) in [6.45, 7) is 3.74. The number of esters is 1. The SMILES string of the molecule is CC1(C)C(=O)O[C@H]1c1ccccc1Cl. The summed E-state index contributed by atoms with van der Waals surface area (Å²) in [5.41, 5.74) is 0.434. The molecule has 2 rings (SSSR count). The smallest absolute Gasteiger partial charge is 0.316 e. The molecule has 0 aromatic heterocycles. The molecular formula is C11H11ClO2. The molecular weight excluding hydrogens is 200 g/mol. The van der Waals surface area contributed by atoms with E-state index >= 15 is 0 Å². The van der Waals surface area contributed by atoms with E-state index in [-0.39, 0.29) is 12.1 Å². The summed E-state index contributed by atoms with van der Waals surface area (Å²) in [7, 11) is 0. The monoisotopic (exact) mass is 210 g/mol. The Kier molecular flexibility index (Phi) is 2.04. The van der Waals surface area contributed by atoms with Gasteiger partial charge in [-0.25, -0.2) is 0 Å². The first kappa shape index (κ1) is 9.53. The number of carbonyl (C=O) groups is 1. The molecule has 0 bridgehead atoms. The van der Waals surface area contributed by atoms with Crippen molar-refractivity contribution in [3.05, 3.63) is 34.9 Å². The molecule has 1 aromatic rings. The summed E-state index contributed by atoms with van der Waals surface area (Å²) in [6.07, 6.45) is -0.205. The summed E-state index contributed by atoms with van der Waals surface area (Å²) in [5, 5.41) is 0.651. The second-order valence-electron chi connectivity index (χ2n) is 4.03. The van der Waals surface area contributed by atoms with E-state index in [1.807, 2.05) is 32.0 Å². The van der Waals surface area contributed by atoms with E-state index in [2.05, 4.69) is 0 Å². The summed E-state index contributed by atoms with van der Waals surface area (Å²) < 4.78 is 5.10. The van der Waals surface area contributed by atoms with Gasteiger partial charge in [0.2, 0.25) is 0 Å². The summed E-state index contributed by atoms with van der Waals surface area (Å²) >= 11 is 6.02. The van der Waals surface area contributed by atoms with E-state index in [1.165, 1.54) is 0 Å². The largest absolute Gasteiger partial charge is 0.456 e. The Labute approximate surface area is 87.8 Å². The van der Waals surface area contributed by atoms with Crippen LogP contribution in [0.2, 0.25) is 5.02 Å². The number of cyclic esters (lactones) is 1. The van der Waals surface area contributed by atoms with Crippen LogP contribution in [0.5, 0.6) is 0 Å². The Morgan fingerprint density at radius 2 is 2.00 bits per heavy atom. The molecule has 1 aliphatic rings. The minimum Gasteiger partial charge on any atom is -0.456 e. The van der Waals surface area contributed by atoms with Crippen molar-refractivity contribution in [1.82, 2.24) is 0 Å². The van der Waals surface area contributed by atoms with Crippen LogP contribution in [0.15, 0.2) is 24.3 Å². The van der Waals surface area contributed by atoms with Crippen molar-refractivity contribution in [2.75, 3.05) is 0 Å². The predicted molar refractivity (Wildman–Crippen MR) is 54.1 cm³/mol. The van der Waals surface area contributed by atoms with Gasteiger partial charge in [0.05, 0.1) is 0 Å². The van der Waals surface area contributed by atoms with Gasteiger partial charge in [-0.2, -0.15) is 0 Å². The predicted octanol–water partition coefficient (Wildman–Crippen LogP) is 2.96. The molecule has 1 aliphatic heterocycles. The van der Waals surface area contributed by atoms with Crippen LogP contribution in [0.25, 0.3) is 0 Å². The van der Waals surface area contributed by atoms with E-state index in [1.54, 1.807) is 6.07 Å². The molecule has 74 valence electrons. The van der Waals surface area contributed by atoms with Crippen molar-refractivity contribution in [1.29, 1.82) is 0 Å². The second kappa shape index (κ2) is 2.99. The second-order valence-corrected chi connectivity index (χ2v) is 4.44. The summed E-state index contributed by atoms with van der Waals surface area (Å²) in [5.74, 6) is -0.164. The van der Waals surface area contributed by atoms with Crippen LogP contribution < -0.4 is 0 Å². The van der Waals surface area contributed by atoms with Crippen molar-refractivity contribution in [3.63, 3.8) is 0 Å². The normalized spacial score (nSPS) is 23.9.